The number of nitrogens with zero attached hydrogens (tertiary/aromatic N) is 2. The largest absolute Gasteiger partial charge is 0.455 e. The third kappa shape index (κ3) is 4.06. The lowest BCUT2D eigenvalue weighted by Crippen LogP contribution is -2.58. The summed E-state index contributed by atoms with van der Waals surface area (Å²) in [6.45, 7) is 3.85. The number of hydrogen-bond donors (Lipinski definition) is 1. The molecule has 0 radical (unpaired) electrons. The number of amides is 2. The van der Waals surface area contributed by atoms with Crippen molar-refractivity contribution in [2.24, 2.45) is 0 Å². The maximum absolute atomic E-state index is 13.0. The Morgan fingerprint density at radius 1 is 1.07 bits per heavy atom. The second kappa shape index (κ2) is 7.96. The number of hydrogen-bond acceptors (Lipinski definition) is 4. The number of carbonyl (C=O) groups excluding carboxylic acids is 2. The van der Waals surface area contributed by atoms with Crippen LogP contribution in [0.1, 0.15) is 34.7 Å². The molecule has 1 aromatic heterocycles. The molecule has 2 fully saturated rings. The highest BCUT2D eigenvalue weighted by molar-refractivity contribution is 5.96. The molecule has 6 heteroatoms. The van der Waals surface area contributed by atoms with E-state index >= 15 is 0 Å². The van der Waals surface area contributed by atoms with Gasteiger partial charge in [0.15, 0.2) is 5.76 Å². The van der Waals surface area contributed by atoms with E-state index in [0.717, 1.165) is 31.0 Å². The van der Waals surface area contributed by atoms with Gasteiger partial charge >= 0.3 is 0 Å². The number of nitrogens with one attached hydrogen (secondary N) is 1. The zero-order valence-corrected chi connectivity index (χ0v) is 15.4. The Kier molecular flexibility index (Phi) is 5.25. The lowest BCUT2D eigenvalue weighted by atomic mass is 10.0. The first-order valence-corrected chi connectivity index (χ1v) is 9.64. The van der Waals surface area contributed by atoms with Crippen LogP contribution in [0.15, 0.2) is 46.9 Å². The van der Waals surface area contributed by atoms with Gasteiger partial charge in [-0.05, 0) is 43.6 Å². The number of likely N-dealkylation sites (tertiary alicyclic amines) is 1. The van der Waals surface area contributed by atoms with Crippen molar-refractivity contribution in [1.82, 2.24) is 15.1 Å². The predicted molar refractivity (Wildman–Crippen MR) is 101 cm³/mol. The summed E-state index contributed by atoms with van der Waals surface area (Å²) in [6.07, 6.45) is 2.94. The van der Waals surface area contributed by atoms with Gasteiger partial charge in [0.1, 0.15) is 11.8 Å². The van der Waals surface area contributed by atoms with Crippen molar-refractivity contribution in [2.45, 2.75) is 31.8 Å². The van der Waals surface area contributed by atoms with Gasteiger partial charge < -0.3 is 14.6 Å². The van der Waals surface area contributed by atoms with E-state index in [0.29, 0.717) is 25.3 Å². The molecule has 1 N–H and O–H groups in total. The third-order valence-corrected chi connectivity index (χ3v) is 5.31. The van der Waals surface area contributed by atoms with Gasteiger partial charge in [0, 0.05) is 19.5 Å². The summed E-state index contributed by atoms with van der Waals surface area (Å²) in [5, 5.41) is 2.87. The Morgan fingerprint density at radius 3 is 2.63 bits per heavy atom. The van der Waals surface area contributed by atoms with Crippen LogP contribution < -0.4 is 5.32 Å². The molecule has 6 nitrogen and oxygen atoms in total. The van der Waals surface area contributed by atoms with Gasteiger partial charge in [-0.15, -0.1) is 0 Å². The van der Waals surface area contributed by atoms with Crippen LogP contribution in [0.2, 0.25) is 0 Å². The minimum Gasteiger partial charge on any atom is -0.455 e. The maximum Gasteiger partial charge on any atom is 0.290 e. The Labute approximate surface area is 159 Å². The van der Waals surface area contributed by atoms with Crippen LogP contribution in [0.4, 0.5) is 0 Å². The summed E-state index contributed by atoms with van der Waals surface area (Å²) >= 11 is 0. The normalized spacial score (nSPS) is 20.7. The zero-order valence-electron chi connectivity index (χ0n) is 15.4. The summed E-state index contributed by atoms with van der Waals surface area (Å²) < 4.78 is 5.83. The van der Waals surface area contributed by atoms with Crippen molar-refractivity contribution in [2.75, 3.05) is 26.2 Å². The summed E-state index contributed by atoms with van der Waals surface area (Å²) in [5.74, 6) is 0.805. The van der Waals surface area contributed by atoms with E-state index < -0.39 is 6.04 Å². The van der Waals surface area contributed by atoms with Crippen molar-refractivity contribution in [3.63, 3.8) is 0 Å². The summed E-state index contributed by atoms with van der Waals surface area (Å²) in [6, 6.07) is 12.9. The Morgan fingerprint density at radius 2 is 1.85 bits per heavy atom. The smallest absolute Gasteiger partial charge is 0.290 e. The molecule has 0 saturated carbocycles. The Bertz CT molecular complexity index is 796. The van der Waals surface area contributed by atoms with Crippen molar-refractivity contribution >= 4 is 11.8 Å². The molecule has 2 amide bonds. The second-order valence-corrected chi connectivity index (χ2v) is 7.24. The third-order valence-electron chi connectivity index (χ3n) is 5.31. The van der Waals surface area contributed by atoms with Crippen molar-refractivity contribution in [3.8, 4) is 0 Å². The molecule has 0 bridgehead atoms. The number of benzene rings is 1. The van der Waals surface area contributed by atoms with Gasteiger partial charge in [0.25, 0.3) is 5.91 Å². The molecule has 2 aliphatic rings. The fraction of sp³-hybridized carbons (Fsp3) is 0.429. The Balaban J connectivity index is 1.48. The van der Waals surface area contributed by atoms with Gasteiger partial charge in [-0.1, -0.05) is 30.3 Å². The van der Waals surface area contributed by atoms with E-state index in [9.17, 15) is 9.59 Å². The lowest BCUT2D eigenvalue weighted by molar-refractivity contribution is -0.127. The van der Waals surface area contributed by atoms with Gasteiger partial charge in [-0.3, -0.25) is 14.5 Å². The lowest BCUT2D eigenvalue weighted by Gasteiger charge is -2.34. The van der Waals surface area contributed by atoms with Crippen molar-refractivity contribution in [1.29, 1.82) is 0 Å². The van der Waals surface area contributed by atoms with Crippen LogP contribution in [0.25, 0.3) is 0 Å². The molecular weight excluding hydrogens is 342 g/mol. The van der Waals surface area contributed by atoms with Gasteiger partial charge in [-0.2, -0.15) is 0 Å². The molecule has 142 valence electrons. The number of carbonyl (C=O) groups is 2. The van der Waals surface area contributed by atoms with Crippen LogP contribution in [-0.4, -0.2) is 53.8 Å². The first-order chi connectivity index (χ1) is 13.2. The molecule has 0 spiro atoms. The summed E-state index contributed by atoms with van der Waals surface area (Å²) in [4.78, 5) is 29.4. The summed E-state index contributed by atoms with van der Waals surface area (Å²) in [5.41, 5.74) is 1.03. The highest BCUT2D eigenvalue weighted by atomic mass is 16.4. The van der Waals surface area contributed by atoms with Crippen LogP contribution in [0.5, 0.6) is 0 Å². The molecule has 1 aromatic carbocycles. The van der Waals surface area contributed by atoms with Crippen LogP contribution in [-0.2, 0) is 17.8 Å². The number of rotatable bonds is 5. The molecule has 0 unspecified atom stereocenters. The second-order valence-electron chi connectivity index (χ2n) is 7.24. The molecule has 2 aliphatic heterocycles. The first kappa shape index (κ1) is 17.8. The monoisotopic (exact) mass is 367 g/mol. The summed E-state index contributed by atoms with van der Waals surface area (Å²) in [7, 11) is 0. The Hall–Kier alpha value is -2.60. The highest BCUT2D eigenvalue weighted by Gasteiger charge is 2.34. The van der Waals surface area contributed by atoms with Crippen LogP contribution >= 0.6 is 0 Å². The van der Waals surface area contributed by atoms with E-state index in [-0.39, 0.29) is 11.8 Å². The quantitative estimate of drug-likeness (QED) is 0.879. The molecule has 2 saturated heterocycles. The maximum atomic E-state index is 13.0. The van der Waals surface area contributed by atoms with E-state index in [1.165, 1.54) is 12.8 Å². The fourth-order valence-electron chi connectivity index (χ4n) is 3.88. The van der Waals surface area contributed by atoms with E-state index in [4.69, 9.17) is 4.42 Å². The van der Waals surface area contributed by atoms with Crippen LogP contribution in [0.3, 0.4) is 0 Å². The van der Waals surface area contributed by atoms with Gasteiger partial charge in [0.2, 0.25) is 5.91 Å². The zero-order chi connectivity index (χ0) is 18.6. The van der Waals surface area contributed by atoms with Crippen LogP contribution in [0, 0.1) is 0 Å². The van der Waals surface area contributed by atoms with Gasteiger partial charge in [-0.25, -0.2) is 0 Å². The first-order valence-electron chi connectivity index (χ1n) is 9.64. The fourth-order valence-corrected chi connectivity index (χ4v) is 3.88. The van der Waals surface area contributed by atoms with E-state index in [2.05, 4.69) is 10.2 Å². The van der Waals surface area contributed by atoms with E-state index in [1.807, 2.05) is 36.4 Å². The topological polar surface area (TPSA) is 65.8 Å². The van der Waals surface area contributed by atoms with E-state index in [1.54, 1.807) is 11.0 Å². The molecule has 2 aromatic rings. The molecule has 27 heavy (non-hydrogen) atoms. The highest BCUT2D eigenvalue weighted by Crippen LogP contribution is 2.19. The minimum absolute atomic E-state index is 0.109. The predicted octanol–water partition coefficient (Wildman–Crippen LogP) is 2.06. The number of piperazine rings is 1. The average Bonchev–Trinajstić information content (AvgIpc) is 3.36. The van der Waals surface area contributed by atoms with Crippen molar-refractivity contribution in [3.05, 3.63) is 59.5 Å². The molecular formula is C21H25N3O3. The molecule has 4 rings (SSSR count). The number of furan rings is 1. The van der Waals surface area contributed by atoms with Crippen molar-refractivity contribution < 1.29 is 14.0 Å². The van der Waals surface area contributed by atoms with Gasteiger partial charge in [0.05, 0.1) is 6.54 Å². The molecule has 1 atom stereocenters. The molecule has 0 aliphatic carbocycles. The minimum atomic E-state index is -0.513. The molecule has 3 heterocycles. The standard InChI is InChI=1S/C21H25N3O3/c25-20-18(14-16-6-2-1-3-7-16)24(13-10-22-20)21(26)19-9-8-17(27-19)15-23-11-4-5-12-23/h1-3,6-9,18H,4-5,10-15H2,(H,22,25)/t18-/m1/s1. The average molecular weight is 367 g/mol. The SMILES string of the molecule is O=C1NCCN(C(=O)c2ccc(CN3CCCC3)o2)[C@@H]1Cc1ccccc1.